The van der Waals surface area contributed by atoms with Gasteiger partial charge in [0.05, 0.1) is 5.56 Å². The maximum Gasteiger partial charge on any atom is 0.335 e. The molecule has 17 heavy (non-hydrogen) atoms. The molecule has 1 heterocycles. The van der Waals surface area contributed by atoms with Crippen molar-refractivity contribution in [1.82, 2.24) is 9.97 Å². The molecule has 0 atom stereocenters. The monoisotopic (exact) mass is 232 g/mol. The van der Waals surface area contributed by atoms with Crippen molar-refractivity contribution >= 4 is 5.97 Å². The van der Waals surface area contributed by atoms with E-state index in [1.165, 1.54) is 30.6 Å². The summed E-state index contributed by atoms with van der Waals surface area (Å²) in [4.78, 5) is 28.1. The molecule has 0 aliphatic carbocycles. The molecule has 0 bridgehead atoms. The summed E-state index contributed by atoms with van der Waals surface area (Å²) < 4.78 is 5.18. The van der Waals surface area contributed by atoms with Gasteiger partial charge in [-0.2, -0.15) is 0 Å². The highest BCUT2D eigenvalue weighted by Gasteiger charge is 2.06. The van der Waals surface area contributed by atoms with E-state index in [0.29, 0.717) is 0 Å². The summed E-state index contributed by atoms with van der Waals surface area (Å²) in [6.07, 6.45) is 2.75. The molecule has 2 N–H and O–H groups in total. The molecule has 0 spiro atoms. The Labute approximate surface area is 95.5 Å². The van der Waals surface area contributed by atoms with Gasteiger partial charge in [0.25, 0.3) is 5.88 Å². The van der Waals surface area contributed by atoms with Crippen molar-refractivity contribution in [1.29, 1.82) is 0 Å². The van der Waals surface area contributed by atoms with Crippen molar-refractivity contribution in [2.75, 3.05) is 0 Å². The molecule has 6 heteroatoms. The zero-order valence-corrected chi connectivity index (χ0v) is 8.58. The van der Waals surface area contributed by atoms with Crippen LogP contribution in [0.4, 0.5) is 0 Å². The molecule has 1 aromatic heterocycles. The first-order chi connectivity index (χ1) is 8.16. The molecule has 0 amide bonds. The van der Waals surface area contributed by atoms with E-state index in [4.69, 9.17) is 9.84 Å². The number of carbonyl (C=O) groups is 1. The standard InChI is InChI=1S/C11H8N2O4/c14-9-10(13-5-4-12-9)17-8-3-1-2-7(6-8)11(15)16/h1-6H,(H,12,14)(H,15,16). The highest BCUT2D eigenvalue weighted by atomic mass is 16.5. The van der Waals surface area contributed by atoms with Crippen LogP contribution in [0, 0.1) is 0 Å². The zero-order valence-electron chi connectivity index (χ0n) is 8.58. The fraction of sp³-hybridized carbons (Fsp3) is 0. The second-order valence-corrected chi connectivity index (χ2v) is 3.16. The van der Waals surface area contributed by atoms with Crippen LogP contribution in [0.1, 0.15) is 10.4 Å². The smallest absolute Gasteiger partial charge is 0.335 e. The van der Waals surface area contributed by atoms with Gasteiger partial charge >= 0.3 is 11.5 Å². The third kappa shape index (κ3) is 2.49. The van der Waals surface area contributed by atoms with Crippen molar-refractivity contribution in [3.05, 3.63) is 52.6 Å². The first-order valence-electron chi connectivity index (χ1n) is 4.72. The van der Waals surface area contributed by atoms with E-state index in [1.54, 1.807) is 6.07 Å². The van der Waals surface area contributed by atoms with Gasteiger partial charge in [-0.15, -0.1) is 0 Å². The van der Waals surface area contributed by atoms with E-state index in [-0.39, 0.29) is 17.2 Å². The van der Waals surface area contributed by atoms with Crippen LogP contribution in [-0.2, 0) is 0 Å². The fourth-order valence-electron chi connectivity index (χ4n) is 1.22. The average molecular weight is 232 g/mol. The lowest BCUT2D eigenvalue weighted by atomic mass is 10.2. The number of hydrogen-bond donors (Lipinski definition) is 2. The summed E-state index contributed by atoms with van der Waals surface area (Å²) in [6.45, 7) is 0. The minimum Gasteiger partial charge on any atom is -0.478 e. The minimum absolute atomic E-state index is 0.0786. The number of benzene rings is 1. The van der Waals surface area contributed by atoms with Crippen LogP contribution < -0.4 is 10.3 Å². The molecule has 0 fully saturated rings. The van der Waals surface area contributed by atoms with Crippen LogP contribution in [0.3, 0.4) is 0 Å². The lowest BCUT2D eigenvalue weighted by Gasteiger charge is -2.03. The van der Waals surface area contributed by atoms with Crippen molar-refractivity contribution in [3.8, 4) is 11.6 Å². The molecule has 0 aliphatic rings. The van der Waals surface area contributed by atoms with Crippen LogP contribution in [-0.4, -0.2) is 21.0 Å². The summed E-state index contributed by atoms with van der Waals surface area (Å²) in [5.74, 6) is -0.950. The molecular formula is C11H8N2O4. The Morgan fingerprint density at radius 3 is 2.94 bits per heavy atom. The van der Waals surface area contributed by atoms with Gasteiger partial charge in [-0.25, -0.2) is 9.78 Å². The predicted octanol–water partition coefficient (Wildman–Crippen LogP) is 1.26. The first-order valence-corrected chi connectivity index (χ1v) is 4.72. The van der Waals surface area contributed by atoms with Gasteiger partial charge in [-0.3, -0.25) is 4.79 Å². The Morgan fingerprint density at radius 2 is 2.24 bits per heavy atom. The SMILES string of the molecule is O=C(O)c1cccc(Oc2ncc[nH]c2=O)c1. The number of nitrogens with one attached hydrogen (secondary N) is 1. The topological polar surface area (TPSA) is 92.3 Å². The molecule has 0 unspecified atom stereocenters. The number of hydrogen-bond acceptors (Lipinski definition) is 4. The normalized spacial score (nSPS) is 9.88. The average Bonchev–Trinajstić information content (AvgIpc) is 2.32. The van der Waals surface area contributed by atoms with E-state index in [1.807, 2.05) is 0 Å². The fourth-order valence-corrected chi connectivity index (χ4v) is 1.22. The number of H-pyrrole nitrogens is 1. The number of aromatic amines is 1. The van der Waals surface area contributed by atoms with Gasteiger partial charge in [0.2, 0.25) is 0 Å². The number of ether oxygens (including phenoxy) is 1. The van der Waals surface area contributed by atoms with Crippen molar-refractivity contribution < 1.29 is 14.6 Å². The summed E-state index contributed by atoms with van der Waals surface area (Å²) in [7, 11) is 0. The maximum absolute atomic E-state index is 11.3. The number of rotatable bonds is 3. The number of carboxylic acids is 1. The Hall–Kier alpha value is -2.63. The molecule has 0 radical (unpaired) electrons. The molecule has 2 aromatic rings. The molecule has 0 saturated carbocycles. The summed E-state index contributed by atoms with van der Waals surface area (Å²) in [5, 5.41) is 8.79. The number of aromatic nitrogens is 2. The number of nitrogens with zero attached hydrogens (tertiary/aromatic N) is 1. The lowest BCUT2D eigenvalue weighted by molar-refractivity contribution is 0.0696. The van der Waals surface area contributed by atoms with Crippen LogP contribution in [0.25, 0.3) is 0 Å². The Bertz CT molecular complexity index is 606. The van der Waals surface area contributed by atoms with Crippen molar-refractivity contribution in [2.45, 2.75) is 0 Å². The number of aromatic carboxylic acids is 1. The van der Waals surface area contributed by atoms with Gasteiger partial charge in [-0.1, -0.05) is 6.07 Å². The molecule has 1 aromatic carbocycles. The van der Waals surface area contributed by atoms with E-state index in [2.05, 4.69) is 9.97 Å². The Kier molecular flexibility index (Phi) is 2.87. The molecule has 86 valence electrons. The van der Waals surface area contributed by atoms with Gasteiger partial charge in [-0.05, 0) is 18.2 Å². The predicted molar refractivity (Wildman–Crippen MR) is 58.3 cm³/mol. The molecule has 0 saturated heterocycles. The van der Waals surface area contributed by atoms with Crippen LogP contribution >= 0.6 is 0 Å². The largest absolute Gasteiger partial charge is 0.478 e. The zero-order chi connectivity index (χ0) is 12.3. The van der Waals surface area contributed by atoms with Crippen LogP contribution in [0.5, 0.6) is 11.6 Å². The highest BCUT2D eigenvalue weighted by molar-refractivity contribution is 5.88. The number of carboxylic acid groups (broad SMARTS) is 1. The maximum atomic E-state index is 11.3. The Balaban J connectivity index is 2.31. The second-order valence-electron chi connectivity index (χ2n) is 3.16. The van der Waals surface area contributed by atoms with Gasteiger partial charge in [0.1, 0.15) is 5.75 Å². The summed E-state index contributed by atoms with van der Waals surface area (Å²) in [6, 6.07) is 5.81. The molecule has 6 nitrogen and oxygen atoms in total. The summed E-state index contributed by atoms with van der Waals surface area (Å²) in [5.41, 5.74) is -0.400. The van der Waals surface area contributed by atoms with Gasteiger partial charge in [0, 0.05) is 12.4 Å². The molecule has 2 rings (SSSR count). The van der Waals surface area contributed by atoms with Gasteiger partial charge < -0.3 is 14.8 Å². The Morgan fingerprint density at radius 1 is 1.41 bits per heavy atom. The van der Waals surface area contributed by atoms with E-state index in [9.17, 15) is 9.59 Å². The van der Waals surface area contributed by atoms with E-state index >= 15 is 0 Å². The summed E-state index contributed by atoms with van der Waals surface area (Å²) >= 11 is 0. The second kappa shape index (κ2) is 4.48. The molecule has 0 aliphatic heterocycles. The van der Waals surface area contributed by atoms with E-state index < -0.39 is 11.5 Å². The quantitative estimate of drug-likeness (QED) is 0.831. The van der Waals surface area contributed by atoms with Gasteiger partial charge in [0.15, 0.2) is 0 Å². The minimum atomic E-state index is -1.06. The lowest BCUT2D eigenvalue weighted by Crippen LogP contribution is -2.09. The van der Waals surface area contributed by atoms with Crippen molar-refractivity contribution in [3.63, 3.8) is 0 Å². The van der Waals surface area contributed by atoms with Crippen LogP contribution in [0.15, 0.2) is 41.5 Å². The highest BCUT2D eigenvalue weighted by Crippen LogP contribution is 2.17. The van der Waals surface area contributed by atoms with Crippen LogP contribution in [0.2, 0.25) is 0 Å². The third-order valence-electron chi connectivity index (χ3n) is 1.97. The van der Waals surface area contributed by atoms with Crippen molar-refractivity contribution in [2.24, 2.45) is 0 Å². The first kappa shape index (κ1) is 10.9. The molecular weight excluding hydrogens is 224 g/mol. The van der Waals surface area contributed by atoms with E-state index in [0.717, 1.165) is 0 Å². The third-order valence-corrected chi connectivity index (χ3v) is 1.97.